The first-order valence-electron chi connectivity index (χ1n) is 4.67. The van der Waals surface area contributed by atoms with Gasteiger partial charge in [-0.2, -0.15) is 4.39 Å². The van der Waals surface area contributed by atoms with Gasteiger partial charge in [-0.1, -0.05) is 34.6 Å². The standard InChI is InChI=1S/C10H19FO2/c1-8(2,3)9(4,5)10(11)12-6-7-13-10/h6-7H2,1-5H3. The summed E-state index contributed by atoms with van der Waals surface area (Å²) in [6.07, 6.45) is 0. The van der Waals surface area contributed by atoms with E-state index in [2.05, 4.69) is 0 Å². The Balaban J connectivity index is 2.91. The van der Waals surface area contributed by atoms with Crippen molar-refractivity contribution < 1.29 is 13.9 Å². The van der Waals surface area contributed by atoms with Crippen LogP contribution in [0.25, 0.3) is 0 Å². The lowest BCUT2D eigenvalue weighted by Crippen LogP contribution is -2.49. The highest BCUT2D eigenvalue weighted by Gasteiger charge is 2.57. The van der Waals surface area contributed by atoms with Crippen molar-refractivity contribution in [2.75, 3.05) is 13.2 Å². The smallest absolute Gasteiger partial charge is 0.321 e. The first-order chi connectivity index (χ1) is 5.71. The van der Waals surface area contributed by atoms with Gasteiger partial charge in [0.2, 0.25) is 0 Å². The third-order valence-electron chi connectivity index (χ3n) is 3.28. The molecular formula is C10H19FO2. The Morgan fingerprint density at radius 1 is 1.00 bits per heavy atom. The maximum absolute atomic E-state index is 14.1. The Kier molecular flexibility index (Phi) is 2.46. The minimum atomic E-state index is -1.93. The Morgan fingerprint density at radius 3 is 1.69 bits per heavy atom. The average molecular weight is 190 g/mol. The Labute approximate surface area is 79.4 Å². The number of rotatable bonds is 1. The number of hydrogen-bond acceptors (Lipinski definition) is 2. The van der Waals surface area contributed by atoms with E-state index < -0.39 is 11.5 Å². The molecule has 0 amide bonds. The lowest BCUT2D eigenvalue weighted by Gasteiger charge is -2.44. The van der Waals surface area contributed by atoms with Gasteiger partial charge in [-0.15, -0.1) is 0 Å². The van der Waals surface area contributed by atoms with Gasteiger partial charge in [0.1, 0.15) is 0 Å². The molecule has 1 rings (SSSR count). The summed E-state index contributed by atoms with van der Waals surface area (Å²) in [7, 11) is 0. The molecule has 0 aromatic heterocycles. The summed E-state index contributed by atoms with van der Waals surface area (Å²) < 4.78 is 24.2. The van der Waals surface area contributed by atoms with E-state index in [4.69, 9.17) is 9.47 Å². The zero-order valence-corrected chi connectivity index (χ0v) is 9.11. The lowest BCUT2D eigenvalue weighted by atomic mass is 9.68. The zero-order chi connectivity index (χ0) is 10.3. The van der Waals surface area contributed by atoms with Gasteiger partial charge in [0.05, 0.1) is 18.6 Å². The lowest BCUT2D eigenvalue weighted by molar-refractivity contribution is -0.335. The predicted octanol–water partition coefficient (Wildman–Crippen LogP) is 2.73. The molecule has 1 aliphatic heterocycles. The Morgan fingerprint density at radius 2 is 1.38 bits per heavy atom. The first kappa shape index (κ1) is 10.9. The molecule has 2 nitrogen and oxygen atoms in total. The summed E-state index contributed by atoms with van der Waals surface area (Å²) in [4.78, 5) is 0. The van der Waals surface area contributed by atoms with Crippen molar-refractivity contribution in [2.24, 2.45) is 10.8 Å². The molecule has 1 heterocycles. The second-order valence-corrected chi connectivity index (χ2v) is 5.11. The molecule has 1 fully saturated rings. The van der Waals surface area contributed by atoms with Crippen LogP contribution >= 0.6 is 0 Å². The molecule has 0 bridgehead atoms. The maximum atomic E-state index is 14.1. The molecule has 0 aromatic carbocycles. The van der Waals surface area contributed by atoms with Crippen LogP contribution < -0.4 is 0 Å². The van der Waals surface area contributed by atoms with Gasteiger partial charge in [-0.3, -0.25) is 0 Å². The van der Waals surface area contributed by atoms with E-state index in [1.165, 1.54) is 0 Å². The third-order valence-corrected chi connectivity index (χ3v) is 3.28. The molecular weight excluding hydrogens is 171 g/mol. The molecule has 0 unspecified atom stereocenters. The van der Waals surface area contributed by atoms with E-state index in [9.17, 15) is 4.39 Å². The van der Waals surface area contributed by atoms with Gasteiger partial charge >= 0.3 is 6.04 Å². The summed E-state index contributed by atoms with van der Waals surface area (Å²) in [5.41, 5.74) is -0.859. The third kappa shape index (κ3) is 1.59. The Bertz CT molecular complexity index is 188. The molecule has 13 heavy (non-hydrogen) atoms. The van der Waals surface area contributed by atoms with Crippen LogP contribution in [0, 0.1) is 10.8 Å². The van der Waals surface area contributed by atoms with Crippen LogP contribution in [0.15, 0.2) is 0 Å². The van der Waals surface area contributed by atoms with Crippen LogP contribution in [0.1, 0.15) is 34.6 Å². The van der Waals surface area contributed by atoms with Crippen LogP contribution in [0.5, 0.6) is 0 Å². The summed E-state index contributed by atoms with van der Waals surface area (Å²) in [6.45, 7) is 10.3. The highest BCUT2D eigenvalue weighted by Crippen LogP contribution is 2.50. The topological polar surface area (TPSA) is 18.5 Å². The van der Waals surface area contributed by atoms with Crippen molar-refractivity contribution in [3.05, 3.63) is 0 Å². The molecule has 3 heteroatoms. The summed E-state index contributed by atoms with van der Waals surface area (Å²) in [6, 6.07) is -1.93. The average Bonchev–Trinajstić information content (AvgIpc) is 2.35. The normalized spacial score (nSPS) is 23.5. The zero-order valence-electron chi connectivity index (χ0n) is 9.11. The van der Waals surface area contributed by atoms with Crippen LogP contribution in [-0.4, -0.2) is 19.3 Å². The highest BCUT2D eigenvalue weighted by molar-refractivity contribution is 4.91. The van der Waals surface area contributed by atoms with Crippen LogP contribution in [-0.2, 0) is 9.47 Å². The molecule has 1 aliphatic rings. The number of ether oxygens (including phenoxy) is 2. The molecule has 0 radical (unpaired) electrons. The van der Waals surface area contributed by atoms with Crippen molar-refractivity contribution in [1.82, 2.24) is 0 Å². The van der Waals surface area contributed by atoms with Crippen molar-refractivity contribution in [2.45, 2.75) is 40.7 Å². The molecule has 0 spiro atoms. The van der Waals surface area contributed by atoms with Gasteiger partial charge in [-0.05, 0) is 5.41 Å². The van der Waals surface area contributed by atoms with E-state index in [0.717, 1.165) is 0 Å². The molecule has 0 N–H and O–H groups in total. The number of alkyl halides is 1. The predicted molar refractivity (Wildman–Crippen MR) is 49.0 cm³/mol. The molecule has 0 saturated carbocycles. The quantitative estimate of drug-likeness (QED) is 0.633. The van der Waals surface area contributed by atoms with Crippen LogP contribution in [0.3, 0.4) is 0 Å². The number of hydrogen-bond donors (Lipinski definition) is 0. The van der Waals surface area contributed by atoms with E-state index in [-0.39, 0.29) is 5.41 Å². The minimum Gasteiger partial charge on any atom is -0.321 e. The van der Waals surface area contributed by atoms with E-state index in [0.29, 0.717) is 13.2 Å². The molecule has 0 aromatic rings. The highest BCUT2D eigenvalue weighted by atomic mass is 19.2. The molecule has 78 valence electrons. The summed E-state index contributed by atoms with van der Waals surface area (Å²) in [5, 5.41) is 0. The van der Waals surface area contributed by atoms with E-state index >= 15 is 0 Å². The fourth-order valence-corrected chi connectivity index (χ4v) is 1.20. The van der Waals surface area contributed by atoms with Gasteiger partial charge in [0, 0.05) is 0 Å². The molecule has 0 aliphatic carbocycles. The van der Waals surface area contributed by atoms with E-state index in [1.807, 2.05) is 34.6 Å². The maximum Gasteiger partial charge on any atom is 0.326 e. The largest absolute Gasteiger partial charge is 0.326 e. The van der Waals surface area contributed by atoms with Crippen molar-refractivity contribution in [1.29, 1.82) is 0 Å². The SMILES string of the molecule is CC(C)(C)C(C)(C)C1(F)OCCO1. The monoisotopic (exact) mass is 190 g/mol. The van der Waals surface area contributed by atoms with Gasteiger partial charge < -0.3 is 9.47 Å². The fourth-order valence-electron chi connectivity index (χ4n) is 1.20. The summed E-state index contributed by atoms with van der Waals surface area (Å²) in [5.74, 6) is 0. The van der Waals surface area contributed by atoms with Gasteiger partial charge in [0.15, 0.2) is 0 Å². The van der Waals surface area contributed by atoms with Crippen molar-refractivity contribution >= 4 is 0 Å². The van der Waals surface area contributed by atoms with Gasteiger partial charge in [-0.25, -0.2) is 0 Å². The number of halogens is 1. The first-order valence-corrected chi connectivity index (χ1v) is 4.67. The second kappa shape index (κ2) is 2.92. The molecule has 0 atom stereocenters. The van der Waals surface area contributed by atoms with Crippen molar-refractivity contribution in [3.63, 3.8) is 0 Å². The van der Waals surface area contributed by atoms with Crippen molar-refractivity contribution in [3.8, 4) is 0 Å². The second-order valence-electron chi connectivity index (χ2n) is 5.11. The fraction of sp³-hybridized carbons (Fsp3) is 1.00. The summed E-state index contributed by atoms with van der Waals surface area (Å²) >= 11 is 0. The van der Waals surface area contributed by atoms with Gasteiger partial charge in [0.25, 0.3) is 0 Å². The Hall–Kier alpha value is -0.150. The molecule has 1 saturated heterocycles. The minimum absolute atomic E-state index is 0.202. The van der Waals surface area contributed by atoms with Crippen LogP contribution in [0.4, 0.5) is 4.39 Å². The van der Waals surface area contributed by atoms with Crippen LogP contribution in [0.2, 0.25) is 0 Å². The van der Waals surface area contributed by atoms with E-state index in [1.54, 1.807) is 0 Å².